The van der Waals surface area contributed by atoms with Gasteiger partial charge in [0.1, 0.15) is 11.6 Å². The van der Waals surface area contributed by atoms with Crippen molar-refractivity contribution in [3.63, 3.8) is 0 Å². The molecule has 0 aromatic heterocycles. The van der Waals surface area contributed by atoms with Crippen LogP contribution in [0.3, 0.4) is 0 Å². The molecule has 0 saturated heterocycles. The Labute approximate surface area is 131 Å². The number of nitrogens with one attached hydrogen (secondary N) is 1. The smallest absolute Gasteiger partial charge is 0.265 e. The zero-order valence-electron chi connectivity index (χ0n) is 11.1. The molecule has 1 atom stereocenters. The summed E-state index contributed by atoms with van der Waals surface area (Å²) < 4.78 is 18.2. The number of halogens is 3. The molecular weight excluding hydrogens is 316 g/mol. The Kier molecular flexibility index (Phi) is 5.04. The molecule has 1 amide bonds. The first-order valence-corrected chi connectivity index (χ1v) is 6.89. The molecule has 0 aliphatic carbocycles. The van der Waals surface area contributed by atoms with Gasteiger partial charge in [0.05, 0.1) is 10.0 Å². The highest BCUT2D eigenvalue weighted by Gasteiger charge is 2.15. The van der Waals surface area contributed by atoms with Crippen molar-refractivity contribution < 1.29 is 13.9 Å². The van der Waals surface area contributed by atoms with Crippen LogP contribution in [0, 0.1) is 5.82 Å². The number of rotatable bonds is 4. The average molecular weight is 328 g/mol. The molecule has 0 saturated carbocycles. The van der Waals surface area contributed by atoms with Gasteiger partial charge in [-0.1, -0.05) is 23.2 Å². The number of anilines is 1. The summed E-state index contributed by atoms with van der Waals surface area (Å²) in [7, 11) is 0. The summed E-state index contributed by atoms with van der Waals surface area (Å²) in [4.78, 5) is 12.0. The Morgan fingerprint density at radius 2 is 1.81 bits per heavy atom. The third-order valence-corrected chi connectivity index (χ3v) is 3.42. The van der Waals surface area contributed by atoms with Crippen LogP contribution in [-0.2, 0) is 4.79 Å². The molecule has 0 fully saturated rings. The molecular formula is C15H12Cl2FNO2. The zero-order valence-corrected chi connectivity index (χ0v) is 12.6. The lowest BCUT2D eigenvalue weighted by Gasteiger charge is -2.15. The van der Waals surface area contributed by atoms with Crippen molar-refractivity contribution in [2.75, 3.05) is 5.32 Å². The van der Waals surface area contributed by atoms with Gasteiger partial charge in [0, 0.05) is 5.69 Å². The number of benzene rings is 2. The third-order valence-electron chi connectivity index (χ3n) is 2.68. The van der Waals surface area contributed by atoms with E-state index >= 15 is 0 Å². The van der Waals surface area contributed by atoms with Crippen LogP contribution in [-0.4, -0.2) is 12.0 Å². The third kappa shape index (κ3) is 4.34. The molecule has 3 nitrogen and oxygen atoms in total. The second-order valence-electron chi connectivity index (χ2n) is 4.33. The van der Waals surface area contributed by atoms with Crippen LogP contribution in [0.15, 0.2) is 42.5 Å². The molecule has 0 aliphatic heterocycles. The second-order valence-corrected chi connectivity index (χ2v) is 5.15. The minimum Gasteiger partial charge on any atom is -0.481 e. The first-order valence-electron chi connectivity index (χ1n) is 6.14. The maximum Gasteiger partial charge on any atom is 0.265 e. The lowest BCUT2D eigenvalue weighted by atomic mass is 10.3. The van der Waals surface area contributed by atoms with Crippen LogP contribution in [0.5, 0.6) is 5.75 Å². The SMILES string of the molecule is CC(Oc1ccc(F)cc1)C(=O)Nc1ccc(Cl)c(Cl)c1. The van der Waals surface area contributed by atoms with Crippen molar-refractivity contribution in [3.05, 3.63) is 58.3 Å². The van der Waals surface area contributed by atoms with E-state index in [1.807, 2.05) is 0 Å². The number of hydrogen-bond donors (Lipinski definition) is 1. The Bertz CT molecular complexity index is 647. The summed E-state index contributed by atoms with van der Waals surface area (Å²) >= 11 is 11.7. The maximum absolute atomic E-state index is 12.8. The van der Waals surface area contributed by atoms with E-state index in [-0.39, 0.29) is 11.7 Å². The van der Waals surface area contributed by atoms with Crippen molar-refractivity contribution >= 4 is 34.8 Å². The fourth-order valence-electron chi connectivity index (χ4n) is 1.59. The molecule has 2 aromatic carbocycles. The van der Waals surface area contributed by atoms with Crippen molar-refractivity contribution in [2.45, 2.75) is 13.0 Å². The van der Waals surface area contributed by atoms with Gasteiger partial charge in [-0.25, -0.2) is 4.39 Å². The quantitative estimate of drug-likeness (QED) is 0.895. The van der Waals surface area contributed by atoms with E-state index < -0.39 is 6.10 Å². The lowest BCUT2D eigenvalue weighted by Crippen LogP contribution is -2.30. The van der Waals surface area contributed by atoms with Gasteiger partial charge < -0.3 is 10.1 Å². The van der Waals surface area contributed by atoms with E-state index in [1.165, 1.54) is 24.3 Å². The number of ether oxygens (including phenoxy) is 1. The molecule has 2 aromatic rings. The highest BCUT2D eigenvalue weighted by Crippen LogP contribution is 2.25. The van der Waals surface area contributed by atoms with Crippen molar-refractivity contribution in [1.82, 2.24) is 0 Å². The van der Waals surface area contributed by atoms with Crippen LogP contribution < -0.4 is 10.1 Å². The summed E-state index contributed by atoms with van der Waals surface area (Å²) in [6, 6.07) is 10.2. The highest BCUT2D eigenvalue weighted by atomic mass is 35.5. The standard InChI is InChI=1S/C15H12Cl2FNO2/c1-9(21-12-5-2-10(18)3-6-12)15(20)19-11-4-7-13(16)14(17)8-11/h2-9H,1H3,(H,19,20). The second kappa shape index (κ2) is 6.78. The molecule has 2 rings (SSSR count). The van der Waals surface area contributed by atoms with Crippen LogP contribution in [0.4, 0.5) is 10.1 Å². The Morgan fingerprint density at radius 3 is 2.43 bits per heavy atom. The Morgan fingerprint density at radius 1 is 1.14 bits per heavy atom. The summed E-state index contributed by atoms with van der Waals surface area (Å²) in [5.41, 5.74) is 0.518. The van der Waals surface area contributed by atoms with Gasteiger partial charge in [-0.3, -0.25) is 4.79 Å². The normalized spacial score (nSPS) is 11.8. The van der Waals surface area contributed by atoms with Crippen LogP contribution in [0.25, 0.3) is 0 Å². The van der Waals surface area contributed by atoms with E-state index in [0.717, 1.165) is 0 Å². The number of hydrogen-bond acceptors (Lipinski definition) is 2. The van der Waals surface area contributed by atoms with Crippen LogP contribution in [0.2, 0.25) is 10.0 Å². The van der Waals surface area contributed by atoms with Gasteiger partial charge >= 0.3 is 0 Å². The topological polar surface area (TPSA) is 38.3 Å². The zero-order chi connectivity index (χ0) is 15.4. The molecule has 0 aliphatic rings. The molecule has 21 heavy (non-hydrogen) atoms. The van der Waals surface area contributed by atoms with Gasteiger partial charge in [-0.15, -0.1) is 0 Å². The average Bonchev–Trinajstić information content (AvgIpc) is 2.45. The maximum atomic E-state index is 12.8. The Balaban J connectivity index is 1.98. The highest BCUT2D eigenvalue weighted by molar-refractivity contribution is 6.42. The number of carbonyl (C=O) groups excluding carboxylic acids is 1. The molecule has 1 unspecified atom stereocenters. The van der Waals surface area contributed by atoms with Crippen LogP contribution >= 0.6 is 23.2 Å². The summed E-state index contributed by atoms with van der Waals surface area (Å²) in [5.74, 6) is -0.304. The number of carbonyl (C=O) groups is 1. The van der Waals surface area contributed by atoms with Gasteiger partial charge in [0.25, 0.3) is 5.91 Å². The molecule has 6 heteroatoms. The van der Waals surface area contributed by atoms with E-state index in [9.17, 15) is 9.18 Å². The largest absolute Gasteiger partial charge is 0.481 e. The van der Waals surface area contributed by atoms with Crippen molar-refractivity contribution in [2.24, 2.45) is 0 Å². The van der Waals surface area contributed by atoms with E-state index in [4.69, 9.17) is 27.9 Å². The number of amides is 1. The van der Waals surface area contributed by atoms with Gasteiger partial charge in [-0.05, 0) is 49.4 Å². The predicted molar refractivity (Wildman–Crippen MR) is 81.6 cm³/mol. The fraction of sp³-hybridized carbons (Fsp3) is 0.133. The fourth-order valence-corrected chi connectivity index (χ4v) is 1.89. The minimum atomic E-state index is -0.745. The molecule has 0 radical (unpaired) electrons. The summed E-state index contributed by atoms with van der Waals surface area (Å²) in [5, 5.41) is 3.42. The molecule has 0 bridgehead atoms. The summed E-state index contributed by atoms with van der Waals surface area (Å²) in [6.45, 7) is 1.59. The van der Waals surface area contributed by atoms with Crippen molar-refractivity contribution in [1.29, 1.82) is 0 Å². The van der Waals surface area contributed by atoms with Gasteiger partial charge in [-0.2, -0.15) is 0 Å². The molecule has 0 heterocycles. The van der Waals surface area contributed by atoms with E-state index in [2.05, 4.69) is 5.32 Å². The molecule has 0 spiro atoms. The lowest BCUT2D eigenvalue weighted by molar-refractivity contribution is -0.122. The minimum absolute atomic E-state index is 0.349. The van der Waals surface area contributed by atoms with E-state index in [0.29, 0.717) is 21.5 Å². The van der Waals surface area contributed by atoms with Gasteiger partial charge in [0.15, 0.2) is 6.10 Å². The first kappa shape index (κ1) is 15.6. The first-order chi connectivity index (χ1) is 9.95. The van der Waals surface area contributed by atoms with Crippen LogP contribution in [0.1, 0.15) is 6.92 Å². The molecule has 1 N–H and O–H groups in total. The Hall–Kier alpha value is -1.78. The van der Waals surface area contributed by atoms with Gasteiger partial charge in [0.2, 0.25) is 0 Å². The summed E-state index contributed by atoms with van der Waals surface area (Å²) in [6.07, 6.45) is -0.745. The predicted octanol–water partition coefficient (Wildman–Crippen LogP) is 4.54. The van der Waals surface area contributed by atoms with Crippen molar-refractivity contribution in [3.8, 4) is 5.75 Å². The monoisotopic (exact) mass is 327 g/mol. The molecule has 110 valence electrons. The van der Waals surface area contributed by atoms with E-state index in [1.54, 1.807) is 25.1 Å².